The summed E-state index contributed by atoms with van der Waals surface area (Å²) in [5.41, 5.74) is 9.26. The summed E-state index contributed by atoms with van der Waals surface area (Å²) in [6.45, 7) is 2.18. The largest absolute Gasteiger partial charge is 0.442 e. The lowest BCUT2D eigenvalue weighted by Gasteiger charge is -2.25. The van der Waals surface area contributed by atoms with E-state index in [1.165, 1.54) is 9.91 Å². The first kappa shape index (κ1) is 28.7. The van der Waals surface area contributed by atoms with Crippen LogP contribution in [0.2, 0.25) is 0 Å². The monoisotopic (exact) mass is 571 g/mol. The predicted molar refractivity (Wildman–Crippen MR) is 135 cm³/mol. The van der Waals surface area contributed by atoms with Crippen LogP contribution in [0.15, 0.2) is 28.5 Å². The molecule has 1 aromatic carbocycles. The lowest BCUT2D eigenvalue weighted by Crippen LogP contribution is -2.54. The van der Waals surface area contributed by atoms with Crippen LogP contribution in [0.25, 0.3) is 0 Å². The summed E-state index contributed by atoms with van der Waals surface area (Å²) in [4.78, 5) is 42.6. The van der Waals surface area contributed by atoms with Crippen molar-refractivity contribution in [1.29, 1.82) is 0 Å². The number of urea groups is 1. The van der Waals surface area contributed by atoms with Gasteiger partial charge in [0.15, 0.2) is 11.6 Å². The van der Waals surface area contributed by atoms with Crippen molar-refractivity contribution in [3.05, 3.63) is 35.2 Å². The minimum absolute atomic E-state index is 0.0652. The molecule has 1 aromatic rings. The third-order valence-corrected chi connectivity index (χ3v) is 6.44. The van der Waals surface area contributed by atoms with Gasteiger partial charge in [0, 0.05) is 31.8 Å². The van der Waals surface area contributed by atoms with Crippen molar-refractivity contribution >= 4 is 35.4 Å². The van der Waals surface area contributed by atoms with Gasteiger partial charge in [-0.05, 0) is 12.0 Å². The second kappa shape index (κ2) is 12.3. The molecule has 4 rings (SSSR count). The van der Waals surface area contributed by atoms with Crippen molar-refractivity contribution in [2.24, 2.45) is 10.7 Å². The summed E-state index contributed by atoms with van der Waals surface area (Å²) in [6, 6.07) is 1.37. The second-order valence-corrected chi connectivity index (χ2v) is 9.06. The van der Waals surface area contributed by atoms with Gasteiger partial charge in [0.05, 0.1) is 31.9 Å². The summed E-state index contributed by atoms with van der Waals surface area (Å²) in [5, 5.41) is 8.63. The van der Waals surface area contributed by atoms with Crippen LogP contribution in [0, 0.1) is 11.6 Å². The lowest BCUT2D eigenvalue weighted by atomic mass is 10.2. The van der Waals surface area contributed by atoms with Gasteiger partial charge in [0.1, 0.15) is 17.6 Å². The van der Waals surface area contributed by atoms with Crippen LogP contribution >= 0.6 is 0 Å². The maximum atomic E-state index is 15.2. The van der Waals surface area contributed by atoms with E-state index >= 15 is 8.78 Å². The Morgan fingerprint density at radius 2 is 1.95 bits per heavy atom. The SMILES string of the molecule is CCC1=C(N)NC(NC(=O)N2CCN(c3c(F)cc(N4CC(CNC(=O)C(F)F)OC4=O)cc3F)CCN2)=NC1. The number of halogens is 4. The van der Waals surface area contributed by atoms with Gasteiger partial charge in [-0.2, -0.15) is 8.78 Å². The van der Waals surface area contributed by atoms with Crippen molar-refractivity contribution < 1.29 is 36.7 Å². The number of rotatable bonds is 6. The van der Waals surface area contributed by atoms with Crippen molar-refractivity contribution in [1.82, 2.24) is 26.4 Å². The summed E-state index contributed by atoms with van der Waals surface area (Å²) < 4.78 is 60.0. The molecule has 0 bridgehead atoms. The van der Waals surface area contributed by atoms with E-state index in [4.69, 9.17) is 10.5 Å². The zero-order valence-electron chi connectivity index (χ0n) is 21.5. The summed E-state index contributed by atoms with van der Waals surface area (Å²) in [6.07, 6.45) is -4.43. The molecule has 2 saturated heterocycles. The molecule has 0 saturated carbocycles. The number of benzene rings is 1. The van der Waals surface area contributed by atoms with E-state index in [1.807, 2.05) is 12.2 Å². The fourth-order valence-corrected chi connectivity index (χ4v) is 4.33. The Morgan fingerprint density at radius 1 is 1.23 bits per heavy atom. The first-order valence-corrected chi connectivity index (χ1v) is 12.5. The Kier molecular flexibility index (Phi) is 8.81. The van der Waals surface area contributed by atoms with E-state index in [0.29, 0.717) is 18.8 Å². The first-order chi connectivity index (χ1) is 19.1. The average molecular weight is 572 g/mol. The standard InChI is InChI=1S/C23H29F4N9O4/c1-2-12-9-30-21(32-19(12)28)33-22(38)36-6-5-34(4-3-31-36)17-15(24)7-13(8-16(17)25)35-11-14(40-23(35)39)10-29-20(37)18(26)27/h7-8,14,18,31H,2-6,9-11,28H2,1H3,(H,29,37)(H2,30,32,33,38). The molecule has 3 aliphatic rings. The first-order valence-electron chi connectivity index (χ1n) is 12.5. The number of nitrogens with two attached hydrogens (primary N) is 1. The average Bonchev–Trinajstić information content (AvgIpc) is 3.11. The molecular formula is C23H29F4N9O4. The highest BCUT2D eigenvalue weighted by molar-refractivity contribution is 5.97. The number of guanidine groups is 1. The number of alkyl halides is 2. The van der Waals surface area contributed by atoms with E-state index in [0.717, 1.165) is 22.6 Å². The summed E-state index contributed by atoms with van der Waals surface area (Å²) in [7, 11) is 0. The molecule has 0 spiro atoms. The number of carbonyl (C=O) groups is 3. The maximum absolute atomic E-state index is 15.2. The fourth-order valence-electron chi connectivity index (χ4n) is 4.33. The number of nitrogens with one attached hydrogen (secondary N) is 4. The quantitative estimate of drug-likeness (QED) is 0.310. The van der Waals surface area contributed by atoms with Crippen LogP contribution < -0.4 is 36.9 Å². The summed E-state index contributed by atoms with van der Waals surface area (Å²) >= 11 is 0. The number of anilines is 2. The Hall–Kier alpha value is -4.28. The van der Waals surface area contributed by atoms with Crippen LogP contribution in [0.3, 0.4) is 0 Å². The molecule has 1 atom stereocenters. The summed E-state index contributed by atoms with van der Waals surface area (Å²) in [5.74, 6) is -2.82. The van der Waals surface area contributed by atoms with Crippen LogP contribution in [0.5, 0.6) is 0 Å². The van der Waals surface area contributed by atoms with E-state index in [-0.39, 0.29) is 56.6 Å². The number of cyclic esters (lactones) is 1. The minimum atomic E-state index is -3.23. The molecule has 0 aliphatic carbocycles. The van der Waals surface area contributed by atoms with E-state index in [9.17, 15) is 23.2 Å². The molecule has 13 nitrogen and oxygen atoms in total. The number of hydrogen-bond donors (Lipinski definition) is 5. The van der Waals surface area contributed by atoms with E-state index in [1.54, 1.807) is 0 Å². The number of nitrogens with zero attached hydrogens (tertiary/aromatic N) is 4. The molecule has 40 heavy (non-hydrogen) atoms. The highest BCUT2D eigenvalue weighted by Gasteiger charge is 2.34. The molecule has 2 fully saturated rings. The van der Waals surface area contributed by atoms with Gasteiger partial charge in [-0.1, -0.05) is 6.92 Å². The van der Waals surface area contributed by atoms with Crippen molar-refractivity contribution in [2.75, 3.05) is 55.6 Å². The lowest BCUT2D eigenvalue weighted by molar-refractivity contribution is -0.132. The number of aliphatic imine (C=N–C) groups is 1. The molecule has 0 radical (unpaired) electrons. The van der Waals surface area contributed by atoms with Crippen LogP contribution in [0.4, 0.5) is 38.5 Å². The van der Waals surface area contributed by atoms with E-state index in [2.05, 4.69) is 21.1 Å². The van der Waals surface area contributed by atoms with Gasteiger partial charge < -0.3 is 26.0 Å². The number of amides is 4. The zero-order valence-corrected chi connectivity index (χ0v) is 21.5. The van der Waals surface area contributed by atoms with Crippen LogP contribution in [0.1, 0.15) is 13.3 Å². The van der Waals surface area contributed by atoms with Gasteiger partial charge in [0.25, 0.3) is 5.91 Å². The molecular weight excluding hydrogens is 542 g/mol. The number of carbonyl (C=O) groups excluding carboxylic acids is 3. The zero-order chi connectivity index (χ0) is 29.0. The topological polar surface area (TPSA) is 157 Å². The Bertz CT molecular complexity index is 1210. The Balaban J connectivity index is 1.36. The van der Waals surface area contributed by atoms with Crippen LogP contribution in [-0.2, 0) is 9.53 Å². The number of ether oxygens (including phenoxy) is 1. The van der Waals surface area contributed by atoms with Gasteiger partial charge in [0.2, 0.25) is 5.96 Å². The van der Waals surface area contributed by atoms with Crippen LogP contribution in [-0.4, -0.2) is 87.3 Å². The third kappa shape index (κ3) is 6.47. The molecule has 1 unspecified atom stereocenters. The van der Waals surface area contributed by atoms with Gasteiger partial charge in [-0.15, -0.1) is 0 Å². The predicted octanol–water partition coefficient (Wildman–Crippen LogP) is 0.547. The molecule has 4 amide bonds. The Morgan fingerprint density at radius 3 is 2.60 bits per heavy atom. The fraction of sp³-hybridized carbons (Fsp3) is 0.478. The smallest absolute Gasteiger partial charge is 0.414 e. The van der Waals surface area contributed by atoms with E-state index < -0.39 is 42.2 Å². The molecule has 6 N–H and O–H groups in total. The second-order valence-electron chi connectivity index (χ2n) is 9.06. The molecule has 17 heteroatoms. The van der Waals surface area contributed by atoms with Crippen molar-refractivity contribution in [3.63, 3.8) is 0 Å². The molecule has 3 heterocycles. The van der Waals surface area contributed by atoms with Gasteiger partial charge in [-0.25, -0.2) is 28.8 Å². The number of hydrazine groups is 1. The molecule has 0 aromatic heterocycles. The van der Waals surface area contributed by atoms with Crippen molar-refractivity contribution in [3.8, 4) is 0 Å². The maximum Gasteiger partial charge on any atom is 0.414 e. The highest BCUT2D eigenvalue weighted by Crippen LogP contribution is 2.31. The van der Waals surface area contributed by atoms with Crippen molar-refractivity contribution in [2.45, 2.75) is 25.9 Å². The third-order valence-electron chi connectivity index (χ3n) is 6.44. The Labute approximate surface area is 226 Å². The minimum Gasteiger partial charge on any atom is -0.442 e. The molecule has 3 aliphatic heterocycles. The highest BCUT2D eigenvalue weighted by atomic mass is 19.3. The number of hydrogen-bond acceptors (Lipinski definition) is 9. The normalized spacial score (nSPS) is 19.8. The van der Waals surface area contributed by atoms with Gasteiger partial charge in [-0.3, -0.25) is 20.0 Å². The molecule has 218 valence electrons. The van der Waals surface area contributed by atoms with Gasteiger partial charge >= 0.3 is 18.5 Å².